The number of rotatable bonds is 5. The van der Waals surface area contributed by atoms with Crippen LogP contribution >= 0.6 is 0 Å². The highest BCUT2D eigenvalue weighted by Crippen LogP contribution is 2.46. The lowest BCUT2D eigenvalue weighted by Crippen LogP contribution is -2.33. The van der Waals surface area contributed by atoms with Crippen LogP contribution in [-0.4, -0.2) is 25.8 Å². The Balaban J connectivity index is 2.88. The van der Waals surface area contributed by atoms with E-state index in [1.165, 1.54) is 27.9 Å². The van der Waals surface area contributed by atoms with E-state index in [1.54, 1.807) is 0 Å². The van der Waals surface area contributed by atoms with E-state index in [0.717, 1.165) is 0 Å². The summed E-state index contributed by atoms with van der Waals surface area (Å²) in [7, 11) is 1.29. The van der Waals surface area contributed by atoms with Gasteiger partial charge in [-0.1, -0.05) is 6.07 Å². The van der Waals surface area contributed by atoms with E-state index in [-0.39, 0.29) is 35.3 Å². The van der Waals surface area contributed by atoms with Gasteiger partial charge in [-0.2, -0.15) is 26.3 Å². The van der Waals surface area contributed by atoms with Crippen LogP contribution in [-0.2, 0) is 26.6 Å². The molecule has 2 rings (SSSR count). The van der Waals surface area contributed by atoms with Gasteiger partial charge in [-0.3, -0.25) is 0 Å². The van der Waals surface area contributed by atoms with Gasteiger partial charge in [0.15, 0.2) is 5.70 Å². The van der Waals surface area contributed by atoms with Crippen molar-refractivity contribution in [2.45, 2.75) is 45.1 Å². The molecule has 0 saturated heterocycles. The number of allylic oxidation sites excluding steroid dienone is 2. The van der Waals surface area contributed by atoms with Crippen LogP contribution in [0.5, 0.6) is 0 Å². The second kappa shape index (κ2) is 9.24. The summed E-state index contributed by atoms with van der Waals surface area (Å²) < 4.78 is 91.1. The van der Waals surface area contributed by atoms with E-state index >= 15 is 0 Å². The van der Waals surface area contributed by atoms with Crippen LogP contribution in [0.25, 0.3) is 4.85 Å². The Bertz CT molecular complexity index is 1000. The fraction of sp³-hybridized carbons (Fsp3) is 0.429. The molecule has 0 saturated carbocycles. The highest BCUT2D eigenvalue weighted by Gasteiger charge is 2.44. The number of alkyl halides is 6. The van der Waals surface area contributed by atoms with Crippen LogP contribution in [0.15, 0.2) is 40.9 Å². The number of methoxy groups -OCH3 is 1. The van der Waals surface area contributed by atoms with Gasteiger partial charge in [0.2, 0.25) is 0 Å². The van der Waals surface area contributed by atoms with Crippen molar-refractivity contribution in [3.05, 3.63) is 69.0 Å². The lowest BCUT2D eigenvalue weighted by Gasteiger charge is -2.31. The molecule has 174 valence electrons. The molecule has 1 aromatic carbocycles. The number of hydrogen-bond donors (Lipinski definition) is 1. The average Bonchev–Trinajstić information content (AvgIpc) is 2.65. The molecule has 0 fully saturated rings. The molecular formula is C21H20F6N2O3. The van der Waals surface area contributed by atoms with Crippen LogP contribution in [0.3, 0.4) is 0 Å². The van der Waals surface area contributed by atoms with E-state index in [9.17, 15) is 31.1 Å². The fourth-order valence-electron chi connectivity index (χ4n) is 3.34. The first-order valence-electron chi connectivity index (χ1n) is 9.28. The van der Waals surface area contributed by atoms with Gasteiger partial charge in [0.1, 0.15) is 0 Å². The van der Waals surface area contributed by atoms with Crippen LogP contribution in [0.1, 0.15) is 43.4 Å². The van der Waals surface area contributed by atoms with Gasteiger partial charge in [-0.15, -0.1) is 0 Å². The fourth-order valence-corrected chi connectivity index (χ4v) is 3.34. The molecular weight excluding hydrogens is 442 g/mol. The van der Waals surface area contributed by atoms with E-state index in [4.69, 9.17) is 16.0 Å². The third kappa shape index (κ3) is 5.24. The molecule has 1 aliphatic heterocycles. The minimum Gasteiger partial charge on any atom is -0.460 e. The Labute approximate surface area is 180 Å². The summed E-state index contributed by atoms with van der Waals surface area (Å²) in [5.41, 5.74) is -4.16. The smallest absolute Gasteiger partial charge is 0.416 e. The molecule has 1 heterocycles. The maximum absolute atomic E-state index is 13.8. The average molecular weight is 462 g/mol. The molecule has 1 unspecified atom stereocenters. The number of nitrogens with one attached hydrogen (secondary N) is 1. The van der Waals surface area contributed by atoms with Crippen molar-refractivity contribution < 1.29 is 40.6 Å². The summed E-state index contributed by atoms with van der Waals surface area (Å²) in [6, 6.07) is 1.12. The highest BCUT2D eigenvalue weighted by molar-refractivity contribution is 5.93. The van der Waals surface area contributed by atoms with Crippen molar-refractivity contribution in [3.63, 3.8) is 0 Å². The predicted molar refractivity (Wildman–Crippen MR) is 102 cm³/mol. The number of carbonyl (C=O) groups is 1. The number of dihydropyridines is 1. The van der Waals surface area contributed by atoms with Gasteiger partial charge in [0.25, 0.3) is 0 Å². The molecule has 1 N–H and O–H groups in total. The SMILES string of the molecule is [C-]#[N+]C1=C(C)NC(COC)=C(C(=O)OC(C)C)C1c1ccc(C(F)(F)F)cc1C(F)(F)F. The van der Waals surface area contributed by atoms with Gasteiger partial charge in [0, 0.05) is 12.8 Å². The summed E-state index contributed by atoms with van der Waals surface area (Å²) in [5.74, 6) is -2.62. The minimum absolute atomic E-state index is 0.0182. The van der Waals surface area contributed by atoms with Gasteiger partial charge in [-0.25, -0.2) is 9.64 Å². The predicted octanol–water partition coefficient (Wildman–Crippen LogP) is 5.41. The van der Waals surface area contributed by atoms with Crippen molar-refractivity contribution in [3.8, 4) is 0 Å². The zero-order chi connectivity index (χ0) is 24.4. The van der Waals surface area contributed by atoms with E-state index in [1.807, 2.05) is 0 Å². The first-order chi connectivity index (χ1) is 14.7. The monoisotopic (exact) mass is 462 g/mol. The second-order valence-corrected chi connectivity index (χ2v) is 7.26. The topological polar surface area (TPSA) is 51.9 Å². The summed E-state index contributed by atoms with van der Waals surface area (Å²) in [6.45, 7) is 11.7. The molecule has 11 heteroatoms. The molecule has 1 aromatic rings. The number of benzene rings is 1. The first kappa shape index (κ1) is 25.3. The molecule has 0 amide bonds. The molecule has 0 spiro atoms. The van der Waals surface area contributed by atoms with E-state index in [0.29, 0.717) is 12.1 Å². The third-order valence-corrected chi connectivity index (χ3v) is 4.58. The molecule has 0 aromatic heterocycles. The van der Waals surface area contributed by atoms with Crippen molar-refractivity contribution in [1.29, 1.82) is 0 Å². The van der Waals surface area contributed by atoms with Gasteiger partial charge < -0.3 is 14.8 Å². The number of ether oxygens (including phenoxy) is 2. The van der Waals surface area contributed by atoms with Gasteiger partial charge >= 0.3 is 18.3 Å². The maximum Gasteiger partial charge on any atom is 0.416 e. The largest absolute Gasteiger partial charge is 0.460 e. The maximum atomic E-state index is 13.8. The molecule has 0 aliphatic carbocycles. The van der Waals surface area contributed by atoms with Crippen molar-refractivity contribution >= 4 is 5.97 Å². The molecule has 5 nitrogen and oxygen atoms in total. The summed E-state index contributed by atoms with van der Waals surface area (Å²) >= 11 is 0. The number of esters is 1. The van der Waals surface area contributed by atoms with Crippen LogP contribution in [0.4, 0.5) is 26.3 Å². The van der Waals surface area contributed by atoms with Crippen molar-refractivity contribution in [2.75, 3.05) is 13.7 Å². The van der Waals surface area contributed by atoms with Crippen molar-refractivity contribution in [2.24, 2.45) is 0 Å². The summed E-state index contributed by atoms with van der Waals surface area (Å²) in [4.78, 5) is 16.2. The zero-order valence-electron chi connectivity index (χ0n) is 17.5. The second-order valence-electron chi connectivity index (χ2n) is 7.26. The van der Waals surface area contributed by atoms with E-state index < -0.39 is 47.0 Å². The molecule has 32 heavy (non-hydrogen) atoms. The summed E-state index contributed by atoms with van der Waals surface area (Å²) in [5, 5.41) is 2.77. The Kier molecular flexibility index (Phi) is 7.29. The molecule has 1 aliphatic rings. The molecule has 0 radical (unpaired) electrons. The molecule has 0 bridgehead atoms. The lowest BCUT2D eigenvalue weighted by atomic mass is 9.81. The van der Waals surface area contributed by atoms with Gasteiger partial charge in [0.05, 0.1) is 47.6 Å². The Morgan fingerprint density at radius 1 is 1.19 bits per heavy atom. The Morgan fingerprint density at radius 2 is 1.81 bits per heavy atom. The Hall–Kier alpha value is -3.00. The van der Waals surface area contributed by atoms with Crippen LogP contribution in [0.2, 0.25) is 0 Å². The molecule has 1 atom stereocenters. The number of halogens is 6. The van der Waals surface area contributed by atoms with Gasteiger partial charge in [-0.05, 0) is 38.5 Å². The quantitative estimate of drug-likeness (QED) is 0.361. The standard InChI is InChI=1S/C21H20F6N2O3/c1-10(2)32-19(30)17-15(9-31-5)29-11(3)18(28-4)16(17)13-7-6-12(20(22,23)24)8-14(13)21(25,26)27/h6-8,10,16,29H,9H2,1-3,5H3. The number of hydrogen-bond acceptors (Lipinski definition) is 4. The highest BCUT2D eigenvalue weighted by atomic mass is 19.4. The van der Waals surface area contributed by atoms with Crippen molar-refractivity contribution in [1.82, 2.24) is 5.32 Å². The van der Waals surface area contributed by atoms with E-state index in [2.05, 4.69) is 10.2 Å². The normalized spacial score (nSPS) is 17.4. The number of carbonyl (C=O) groups excluding carboxylic acids is 1. The summed E-state index contributed by atoms with van der Waals surface area (Å²) in [6.07, 6.45) is -10.8. The Morgan fingerprint density at radius 3 is 2.28 bits per heavy atom. The number of nitrogens with zero attached hydrogens (tertiary/aromatic N) is 1. The third-order valence-electron chi connectivity index (χ3n) is 4.58. The zero-order valence-corrected chi connectivity index (χ0v) is 17.5. The van der Waals surface area contributed by atoms with Crippen LogP contribution < -0.4 is 5.32 Å². The minimum atomic E-state index is -5.18. The lowest BCUT2D eigenvalue weighted by molar-refractivity contribution is -0.145. The van der Waals surface area contributed by atoms with Crippen LogP contribution in [0, 0.1) is 6.57 Å². The first-order valence-corrected chi connectivity index (χ1v) is 9.28.